The molecule has 1 amide bonds. The Morgan fingerprint density at radius 2 is 2.00 bits per heavy atom. The number of carbonyl (C=O) groups is 1. The molecule has 1 N–H and O–H groups in total. The topological polar surface area (TPSA) is 111 Å². The zero-order chi connectivity index (χ0) is 21.5. The first kappa shape index (κ1) is 20.9. The summed E-state index contributed by atoms with van der Waals surface area (Å²) < 4.78 is 5.40. The molecular weight excluding hydrogens is 384 g/mol. The number of nitrogens with one attached hydrogen (secondary N) is 1. The SMILES string of the molecule is CC[C@@H](C)[C@H](NC(=O)/C=C/c1ccccc1)c1nc(-c2cccc([N+](=O)[O-])c2)no1. The van der Waals surface area contributed by atoms with Crippen molar-refractivity contribution in [2.24, 2.45) is 5.92 Å². The molecule has 0 saturated heterocycles. The van der Waals surface area contributed by atoms with Crippen LogP contribution in [0.25, 0.3) is 17.5 Å². The van der Waals surface area contributed by atoms with E-state index in [4.69, 9.17) is 4.52 Å². The summed E-state index contributed by atoms with van der Waals surface area (Å²) in [6, 6.07) is 15.0. The zero-order valence-corrected chi connectivity index (χ0v) is 16.7. The Hall–Kier alpha value is -3.81. The van der Waals surface area contributed by atoms with Gasteiger partial charge in [-0.05, 0) is 17.6 Å². The van der Waals surface area contributed by atoms with Crippen molar-refractivity contribution in [1.82, 2.24) is 15.5 Å². The van der Waals surface area contributed by atoms with Gasteiger partial charge in [0.2, 0.25) is 17.6 Å². The lowest BCUT2D eigenvalue weighted by atomic mass is 9.99. The Balaban J connectivity index is 1.79. The largest absolute Gasteiger partial charge is 0.340 e. The van der Waals surface area contributed by atoms with E-state index in [1.807, 2.05) is 44.2 Å². The van der Waals surface area contributed by atoms with Crippen molar-refractivity contribution in [3.8, 4) is 11.4 Å². The first-order valence-electron chi connectivity index (χ1n) is 9.60. The van der Waals surface area contributed by atoms with Gasteiger partial charge in [-0.25, -0.2) is 0 Å². The van der Waals surface area contributed by atoms with Crippen molar-refractivity contribution in [3.63, 3.8) is 0 Å². The van der Waals surface area contributed by atoms with Crippen LogP contribution < -0.4 is 5.32 Å². The lowest BCUT2D eigenvalue weighted by molar-refractivity contribution is -0.384. The summed E-state index contributed by atoms with van der Waals surface area (Å²) in [5.41, 5.74) is 1.33. The monoisotopic (exact) mass is 406 g/mol. The summed E-state index contributed by atoms with van der Waals surface area (Å²) >= 11 is 0. The fourth-order valence-corrected chi connectivity index (χ4v) is 2.86. The number of nitro benzene ring substituents is 1. The third kappa shape index (κ3) is 5.16. The van der Waals surface area contributed by atoms with Crippen molar-refractivity contribution >= 4 is 17.7 Å². The van der Waals surface area contributed by atoms with E-state index < -0.39 is 11.0 Å². The first-order valence-corrected chi connectivity index (χ1v) is 9.60. The Bertz CT molecular complexity index is 1050. The fourth-order valence-electron chi connectivity index (χ4n) is 2.86. The number of rotatable bonds is 8. The fraction of sp³-hybridized carbons (Fsp3) is 0.227. The minimum Gasteiger partial charge on any atom is -0.340 e. The van der Waals surface area contributed by atoms with Gasteiger partial charge in [-0.2, -0.15) is 4.98 Å². The van der Waals surface area contributed by atoms with Gasteiger partial charge in [0.1, 0.15) is 6.04 Å². The summed E-state index contributed by atoms with van der Waals surface area (Å²) in [6.07, 6.45) is 3.97. The van der Waals surface area contributed by atoms with Gasteiger partial charge in [0.05, 0.1) is 4.92 Å². The molecule has 0 unspecified atom stereocenters. The van der Waals surface area contributed by atoms with Crippen molar-refractivity contribution in [2.75, 3.05) is 0 Å². The molecule has 2 atom stereocenters. The number of nitrogens with zero attached hydrogens (tertiary/aromatic N) is 3. The summed E-state index contributed by atoms with van der Waals surface area (Å²) in [5.74, 6) is 0.250. The van der Waals surface area contributed by atoms with E-state index in [1.54, 1.807) is 18.2 Å². The normalized spacial score (nSPS) is 13.1. The van der Waals surface area contributed by atoms with Gasteiger partial charge in [0.25, 0.3) is 5.69 Å². The predicted molar refractivity (Wildman–Crippen MR) is 112 cm³/mol. The van der Waals surface area contributed by atoms with Crippen LogP contribution in [0.5, 0.6) is 0 Å². The van der Waals surface area contributed by atoms with E-state index in [0.29, 0.717) is 5.56 Å². The molecule has 8 nitrogen and oxygen atoms in total. The van der Waals surface area contributed by atoms with Crippen molar-refractivity contribution in [2.45, 2.75) is 26.3 Å². The molecule has 0 radical (unpaired) electrons. The maximum Gasteiger partial charge on any atom is 0.270 e. The minimum absolute atomic E-state index is 0.0393. The zero-order valence-electron chi connectivity index (χ0n) is 16.7. The Morgan fingerprint density at radius 1 is 1.23 bits per heavy atom. The van der Waals surface area contributed by atoms with Crippen LogP contribution in [0, 0.1) is 16.0 Å². The average molecular weight is 406 g/mol. The van der Waals surface area contributed by atoms with Crippen LogP contribution in [0.15, 0.2) is 65.2 Å². The lowest BCUT2D eigenvalue weighted by Crippen LogP contribution is -2.31. The second-order valence-corrected chi connectivity index (χ2v) is 6.88. The molecule has 0 fully saturated rings. The van der Waals surface area contributed by atoms with Gasteiger partial charge >= 0.3 is 0 Å². The summed E-state index contributed by atoms with van der Waals surface area (Å²) in [5, 5.41) is 17.9. The smallest absolute Gasteiger partial charge is 0.270 e. The number of nitro groups is 1. The minimum atomic E-state index is -0.483. The molecule has 0 aliphatic heterocycles. The molecule has 0 bridgehead atoms. The summed E-state index contributed by atoms with van der Waals surface area (Å²) in [6.45, 7) is 3.98. The van der Waals surface area contributed by atoms with Gasteiger partial charge < -0.3 is 9.84 Å². The number of non-ortho nitro benzene ring substituents is 1. The molecule has 2 aromatic carbocycles. The second-order valence-electron chi connectivity index (χ2n) is 6.88. The Labute approximate surface area is 173 Å². The van der Waals surface area contributed by atoms with E-state index in [2.05, 4.69) is 15.5 Å². The molecule has 1 aromatic heterocycles. The number of hydrogen-bond acceptors (Lipinski definition) is 6. The molecule has 154 valence electrons. The molecule has 3 rings (SSSR count). The van der Waals surface area contributed by atoms with Crippen LogP contribution in [-0.2, 0) is 4.79 Å². The van der Waals surface area contributed by atoms with Gasteiger partial charge in [0, 0.05) is 23.8 Å². The van der Waals surface area contributed by atoms with Crippen LogP contribution in [0.1, 0.15) is 37.8 Å². The molecule has 0 spiro atoms. The third-order valence-corrected chi connectivity index (χ3v) is 4.76. The molecule has 8 heteroatoms. The summed E-state index contributed by atoms with van der Waals surface area (Å²) in [4.78, 5) is 27.4. The van der Waals surface area contributed by atoms with E-state index in [1.165, 1.54) is 18.2 Å². The van der Waals surface area contributed by atoms with Crippen LogP contribution >= 0.6 is 0 Å². The lowest BCUT2D eigenvalue weighted by Gasteiger charge is -2.19. The standard InChI is InChI=1S/C22H22N4O4/c1-3-15(2)20(23-19(27)13-12-16-8-5-4-6-9-16)22-24-21(25-30-22)17-10-7-11-18(14-17)26(28)29/h4-15,20H,3H2,1-2H3,(H,23,27)/b13-12+/t15-,20+/m1/s1. The molecule has 3 aromatic rings. The van der Waals surface area contributed by atoms with E-state index in [-0.39, 0.29) is 29.2 Å². The van der Waals surface area contributed by atoms with Gasteiger partial charge in [-0.3, -0.25) is 14.9 Å². The van der Waals surface area contributed by atoms with E-state index in [9.17, 15) is 14.9 Å². The second kappa shape index (κ2) is 9.60. The quantitative estimate of drug-likeness (QED) is 0.333. The highest BCUT2D eigenvalue weighted by molar-refractivity contribution is 5.91. The Kier molecular flexibility index (Phi) is 6.69. The Morgan fingerprint density at radius 3 is 2.70 bits per heavy atom. The number of aromatic nitrogens is 2. The number of carbonyl (C=O) groups excluding carboxylic acids is 1. The summed E-state index contributed by atoms with van der Waals surface area (Å²) in [7, 11) is 0. The predicted octanol–water partition coefficient (Wildman–Crippen LogP) is 4.56. The molecule has 0 saturated carbocycles. The third-order valence-electron chi connectivity index (χ3n) is 4.76. The molecule has 1 heterocycles. The molecule has 0 aliphatic rings. The van der Waals surface area contributed by atoms with E-state index >= 15 is 0 Å². The van der Waals surface area contributed by atoms with Crippen LogP contribution in [-0.4, -0.2) is 21.0 Å². The average Bonchev–Trinajstić information content (AvgIpc) is 3.26. The van der Waals surface area contributed by atoms with Crippen LogP contribution in [0.4, 0.5) is 5.69 Å². The maximum atomic E-state index is 12.5. The van der Waals surface area contributed by atoms with Crippen LogP contribution in [0.2, 0.25) is 0 Å². The molecule has 0 aliphatic carbocycles. The highest BCUT2D eigenvalue weighted by Gasteiger charge is 2.26. The number of amides is 1. The molecule has 30 heavy (non-hydrogen) atoms. The number of benzene rings is 2. The number of hydrogen-bond donors (Lipinski definition) is 1. The van der Waals surface area contributed by atoms with E-state index in [0.717, 1.165) is 12.0 Å². The van der Waals surface area contributed by atoms with Gasteiger partial charge in [-0.1, -0.05) is 67.9 Å². The highest BCUT2D eigenvalue weighted by Crippen LogP contribution is 2.27. The molecular formula is C22H22N4O4. The van der Waals surface area contributed by atoms with Gasteiger partial charge in [0.15, 0.2) is 0 Å². The van der Waals surface area contributed by atoms with Crippen molar-refractivity contribution in [1.29, 1.82) is 0 Å². The maximum absolute atomic E-state index is 12.5. The highest BCUT2D eigenvalue weighted by atomic mass is 16.6. The van der Waals surface area contributed by atoms with Crippen molar-refractivity contribution in [3.05, 3.63) is 82.2 Å². The first-order chi connectivity index (χ1) is 14.5. The van der Waals surface area contributed by atoms with Crippen LogP contribution in [0.3, 0.4) is 0 Å². The van der Waals surface area contributed by atoms with Crippen molar-refractivity contribution < 1.29 is 14.2 Å². The van der Waals surface area contributed by atoms with Gasteiger partial charge in [-0.15, -0.1) is 0 Å².